The number of fused-ring (bicyclic) bond motifs is 4. The van der Waals surface area contributed by atoms with Crippen LogP contribution in [0.5, 0.6) is 0 Å². The molecule has 19 heavy (non-hydrogen) atoms. The molecule has 4 unspecified atom stereocenters. The summed E-state index contributed by atoms with van der Waals surface area (Å²) in [7, 11) is 0.841. The van der Waals surface area contributed by atoms with Gasteiger partial charge in [0.2, 0.25) is 0 Å². The largest absolute Gasteiger partial charge is 0.365 e. The first-order valence-corrected chi connectivity index (χ1v) is 8.72. The lowest BCUT2D eigenvalue weighted by Gasteiger charge is -2.62. The lowest BCUT2D eigenvalue weighted by molar-refractivity contribution is -0.350. The molecular weight excluding hydrogens is 259 g/mol. The fraction of sp³-hybridized carbons (Fsp3) is 1.00. The second-order valence-corrected chi connectivity index (χ2v) is 9.00. The van der Waals surface area contributed by atoms with Crippen LogP contribution in [0.2, 0.25) is 0 Å². The van der Waals surface area contributed by atoms with Crippen LogP contribution < -0.4 is 0 Å². The highest BCUT2D eigenvalue weighted by molar-refractivity contribution is 7.44. The van der Waals surface area contributed by atoms with E-state index in [-0.39, 0.29) is 10.3 Å². The summed E-state index contributed by atoms with van der Waals surface area (Å²) >= 11 is 0. The van der Waals surface area contributed by atoms with Gasteiger partial charge in [-0.2, -0.15) is 0 Å². The summed E-state index contributed by atoms with van der Waals surface area (Å²) in [6, 6.07) is 0. The Morgan fingerprint density at radius 1 is 0.789 bits per heavy atom. The third-order valence-corrected chi connectivity index (χ3v) is 7.75. The van der Waals surface area contributed by atoms with Gasteiger partial charge in [0, 0.05) is 12.8 Å². The fourth-order valence-electron chi connectivity index (χ4n) is 3.96. The topological polar surface area (TPSA) is 49.7 Å². The summed E-state index contributed by atoms with van der Waals surface area (Å²) < 4.78 is 5.83. The van der Waals surface area contributed by atoms with Crippen molar-refractivity contribution in [3.63, 3.8) is 0 Å². The summed E-state index contributed by atoms with van der Waals surface area (Å²) in [5.74, 6) is -2.32. The highest BCUT2D eigenvalue weighted by Crippen LogP contribution is 2.70. The molecule has 2 bridgehead atoms. The SMILES string of the molecule is CCC1(O)CC2(CC)CC(CC)(CC(O)(CC)O1)P2. The number of ether oxygens (including phenoxy) is 1. The van der Waals surface area contributed by atoms with Crippen molar-refractivity contribution in [1.82, 2.24) is 0 Å². The first-order chi connectivity index (χ1) is 8.78. The van der Waals surface area contributed by atoms with Gasteiger partial charge in [0.1, 0.15) is 0 Å². The van der Waals surface area contributed by atoms with E-state index in [4.69, 9.17) is 4.74 Å². The summed E-state index contributed by atoms with van der Waals surface area (Å²) in [5, 5.41) is 21.9. The molecular formula is C15H29O3P. The zero-order chi connectivity index (χ0) is 14.4. The van der Waals surface area contributed by atoms with E-state index in [1.807, 2.05) is 13.8 Å². The van der Waals surface area contributed by atoms with E-state index in [9.17, 15) is 10.2 Å². The van der Waals surface area contributed by atoms with Crippen molar-refractivity contribution >= 4 is 8.58 Å². The Bertz CT molecular complexity index is 302. The molecule has 3 rings (SSSR count). The molecule has 3 fully saturated rings. The molecule has 0 aliphatic carbocycles. The quantitative estimate of drug-likeness (QED) is 0.780. The van der Waals surface area contributed by atoms with Gasteiger partial charge in [-0.1, -0.05) is 27.7 Å². The van der Waals surface area contributed by atoms with Crippen LogP contribution in [-0.2, 0) is 4.74 Å². The average Bonchev–Trinajstić information content (AvgIpc) is 2.33. The van der Waals surface area contributed by atoms with E-state index in [2.05, 4.69) is 13.8 Å². The molecule has 3 aliphatic heterocycles. The third kappa shape index (κ3) is 2.72. The van der Waals surface area contributed by atoms with Gasteiger partial charge in [-0.3, -0.25) is 0 Å². The Hall–Kier alpha value is 0.310. The third-order valence-electron chi connectivity index (χ3n) is 5.27. The minimum atomic E-state index is -1.16. The van der Waals surface area contributed by atoms with E-state index in [1.54, 1.807) is 0 Å². The summed E-state index contributed by atoms with van der Waals surface area (Å²) in [5.41, 5.74) is 0. The minimum absolute atomic E-state index is 0.246. The number of rotatable bonds is 4. The van der Waals surface area contributed by atoms with Crippen LogP contribution in [0.25, 0.3) is 0 Å². The Kier molecular flexibility index (Phi) is 4.08. The fourth-order valence-corrected chi connectivity index (χ4v) is 6.72. The predicted molar refractivity (Wildman–Crippen MR) is 79.8 cm³/mol. The van der Waals surface area contributed by atoms with Crippen molar-refractivity contribution < 1.29 is 14.9 Å². The average molecular weight is 288 g/mol. The molecule has 4 atom stereocenters. The zero-order valence-corrected chi connectivity index (χ0v) is 13.8. The van der Waals surface area contributed by atoms with E-state index in [0.29, 0.717) is 25.7 Å². The van der Waals surface area contributed by atoms with Gasteiger partial charge in [0.25, 0.3) is 0 Å². The van der Waals surface area contributed by atoms with Gasteiger partial charge in [0.15, 0.2) is 11.6 Å². The normalized spacial score (nSPS) is 51.5. The lowest BCUT2D eigenvalue weighted by Crippen LogP contribution is -2.61. The Morgan fingerprint density at radius 3 is 1.42 bits per heavy atom. The second kappa shape index (κ2) is 4.94. The molecule has 3 aliphatic rings. The molecule has 3 nitrogen and oxygen atoms in total. The highest BCUT2D eigenvalue weighted by atomic mass is 31.1. The van der Waals surface area contributed by atoms with Crippen LogP contribution in [0, 0.1) is 0 Å². The molecule has 0 spiro atoms. The summed E-state index contributed by atoms with van der Waals surface area (Å²) in [6.07, 6.45) is 5.78. The molecule has 2 N–H and O–H groups in total. The summed E-state index contributed by atoms with van der Waals surface area (Å²) in [4.78, 5) is 0. The molecule has 4 heteroatoms. The molecule has 0 aromatic heterocycles. The molecule has 0 aromatic carbocycles. The van der Waals surface area contributed by atoms with Gasteiger partial charge < -0.3 is 14.9 Å². The second-order valence-electron chi connectivity index (χ2n) is 6.62. The first kappa shape index (κ1) is 15.7. The molecule has 3 heterocycles. The smallest absolute Gasteiger partial charge is 0.169 e. The van der Waals surface area contributed by atoms with E-state index in [0.717, 1.165) is 27.8 Å². The number of hydrogen-bond acceptors (Lipinski definition) is 3. The first-order valence-electron chi connectivity index (χ1n) is 7.72. The van der Waals surface area contributed by atoms with Gasteiger partial charge in [-0.05, 0) is 42.4 Å². The van der Waals surface area contributed by atoms with Crippen molar-refractivity contribution in [1.29, 1.82) is 0 Å². The van der Waals surface area contributed by atoms with Gasteiger partial charge >= 0.3 is 0 Å². The molecule has 0 saturated carbocycles. The van der Waals surface area contributed by atoms with Crippen LogP contribution in [0.15, 0.2) is 0 Å². The standard InChI is InChI=1S/C15H29O3P/c1-5-12-9-13(6-2,19-12)11-15(17,8-4)18-14(16,7-3)10-12/h16-17,19H,5-11H2,1-4H3. The summed E-state index contributed by atoms with van der Waals surface area (Å²) in [6.45, 7) is 8.32. The lowest BCUT2D eigenvalue weighted by atomic mass is 9.77. The zero-order valence-electron chi connectivity index (χ0n) is 12.8. The Morgan fingerprint density at radius 2 is 1.16 bits per heavy atom. The van der Waals surface area contributed by atoms with Crippen molar-refractivity contribution in [2.24, 2.45) is 0 Å². The monoisotopic (exact) mass is 288 g/mol. The van der Waals surface area contributed by atoms with Gasteiger partial charge in [-0.15, -0.1) is 8.58 Å². The van der Waals surface area contributed by atoms with E-state index >= 15 is 0 Å². The Balaban J connectivity index is 2.30. The van der Waals surface area contributed by atoms with Crippen LogP contribution in [0.1, 0.15) is 72.6 Å². The van der Waals surface area contributed by atoms with Crippen molar-refractivity contribution in [2.45, 2.75) is 94.5 Å². The van der Waals surface area contributed by atoms with Crippen molar-refractivity contribution in [2.75, 3.05) is 0 Å². The van der Waals surface area contributed by atoms with Crippen LogP contribution in [0.3, 0.4) is 0 Å². The van der Waals surface area contributed by atoms with E-state index in [1.165, 1.54) is 0 Å². The van der Waals surface area contributed by atoms with Gasteiger partial charge in [0.05, 0.1) is 0 Å². The molecule has 0 amide bonds. The maximum Gasteiger partial charge on any atom is 0.169 e. The van der Waals surface area contributed by atoms with Gasteiger partial charge in [-0.25, -0.2) is 0 Å². The maximum absolute atomic E-state index is 10.7. The molecule has 0 aromatic rings. The molecule has 0 radical (unpaired) electrons. The molecule has 3 saturated heterocycles. The van der Waals surface area contributed by atoms with Crippen molar-refractivity contribution in [3.8, 4) is 0 Å². The highest BCUT2D eigenvalue weighted by Gasteiger charge is 2.60. The van der Waals surface area contributed by atoms with Crippen molar-refractivity contribution in [3.05, 3.63) is 0 Å². The number of aliphatic hydroxyl groups is 2. The minimum Gasteiger partial charge on any atom is -0.365 e. The Labute approximate surface area is 118 Å². The predicted octanol–water partition coefficient (Wildman–Crippen LogP) is 3.37. The maximum atomic E-state index is 10.7. The molecule has 112 valence electrons. The van der Waals surface area contributed by atoms with Crippen LogP contribution in [0.4, 0.5) is 0 Å². The van der Waals surface area contributed by atoms with Crippen LogP contribution >= 0.6 is 8.58 Å². The van der Waals surface area contributed by atoms with E-state index < -0.39 is 11.6 Å². The van der Waals surface area contributed by atoms with Crippen LogP contribution in [-0.4, -0.2) is 32.1 Å². The number of hydrogen-bond donors (Lipinski definition) is 2.